The number of nitrogens with zero attached hydrogens (tertiary/aromatic N) is 3. The van der Waals surface area contributed by atoms with Gasteiger partial charge < -0.3 is 9.55 Å². The first-order valence-corrected chi connectivity index (χ1v) is 7.62. The predicted octanol–water partition coefficient (Wildman–Crippen LogP) is 3.58. The zero-order chi connectivity index (χ0) is 13.3. The van der Waals surface area contributed by atoms with Gasteiger partial charge in [-0.25, -0.2) is 9.97 Å². The van der Waals surface area contributed by atoms with Crippen LogP contribution in [0.25, 0.3) is 22.1 Å². The van der Waals surface area contributed by atoms with Gasteiger partial charge in [0, 0.05) is 17.6 Å². The quantitative estimate of drug-likeness (QED) is 0.731. The standard InChI is InChI=1S/C16H18N4/c1-9-19-13-8-18-16-12(4-5-17-16)15(13)20(9)14-7-10-2-3-11(14)6-10/h4-5,8,10-11,14H,2-3,6-7H2,1H3,(H,17,18). The van der Waals surface area contributed by atoms with Gasteiger partial charge in [0.2, 0.25) is 0 Å². The van der Waals surface area contributed by atoms with Crippen molar-refractivity contribution in [1.82, 2.24) is 19.5 Å². The van der Waals surface area contributed by atoms with Gasteiger partial charge in [-0.1, -0.05) is 6.42 Å². The Morgan fingerprint density at radius 3 is 3.05 bits per heavy atom. The molecule has 2 fully saturated rings. The van der Waals surface area contributed by atoms with Gasteiger partial charge in [-0.15, -0.1) is 0 Å². The number of fused-ring (bicyclic) bond motifs is 5. The first-order chi connectivity index (χ1) is 9.81. The highest BCUT2D eigenvalue weighted by atomic mass is 15.1. The van der Waals surface area contributed by atoms with Crippen LogP contribution in [0.15, 0.2) is 18.5 Å². The highest BCUT2D eigenvalue weighted by Gasteiger charge is 2.41. The van der Waals surface area contributed by atoms with Crippen LogP contribution in [0.2, 0.25) is 0 Å². The van der Waals surface area contributed by atoms with Gasteiger partial charge in [-0.2, -0.15) is 0 Å². The highest BCUT2D eigenvalue weighted by Crippen LogP contribution is 2.51. The summed E-state index contributed by atoms with van der Waals surface area (Å²) in [6, 6.07) is 2.79. The summed E-state index contributed by atoms with van der Waals surface area (Å²) in [5, 5.41) is 1.21. The Hall–Kier alpha value is -1.84. The lowest BCUT2D eigenvalue weighted by Gasteiger charge is -2.25. The van der Waals surface area contributed by atoms with E-state index in [0.29, 0.717) is 6.04 Å². The van der Waals surface area contributed by atoms with E-state index in [0.717, 1.165) is 28.8 Å². The number of H-pyrrole nitrogens is 1. The van der Waals surface area contributed by atoms with Crippen LogP contribution >= 0.6 is 0 Å². The number of nitrogens with one attached hydrogen (secondary N) is 1. The number of pyridine rings is 1. The van der Waals surface area contributed by atoms with Crippen molar-refractivity contribution in [2.24, 2.45) is 11.8 Å². The predicted molar refractivity (Wildman–Crippen MR) is 78.6 cm³/mol. The summed E-state index contributed by atoms with van der Waals surface area (Å²) in [4.78, 5) is 12.4. The number of aromatic nitrogens is 4. The lowest BCUT2D eigenvalue weighted by molar-refractivity contribution is 0.332. The van der Waals surface area contributed by atoms with Crippen molar-refractivity contribution in [3.8, 4) is 0 Å². The Morgan fingerprint density at radius 2 is 2.25 bits per heavy atom. The zero-order valence-electron chi connectivity index (χ0n) is 11.6. The van der Waals surface area contributed by atoms with E-state index in [1.54, 1.807) is 0 Å². The third-order valence-corrected chi connectivity index (χ3v) is 5.44. The number of imidazole rings is 1. The molecule has 0 saturated heterocycles. The molecule has 102 valence electrons. The van der Waals surface area contributed by atoms with Crippen molar-refractivity contribution in [3.63, 3.8) is 0 Å². The Labute approximate surface area is 117 Å². The number of aromatic amines is 1. The molecule has 4 heteroatoms. The minimum atomic E-state index is 0.652. The fourth-order valence-corrected chi connectivity index (χ4v) is 4.64. The Morgan fingerprint density at radius 1 is 1.30 bits per heavy atom. The third kappa shape index (κ3) is 1.27. The largest absolute Gasteiger partial charge is 0.346 e. The average molecular weight is 266 g/mol. The van der Waals surface area contributed by atoms with Gasteiger partial charge in [0.1, 0.15) is 17.0 Å². The van der Waals surface area contributed by atoms with Gasteiger partial charge in [-0.3, -0.25) is 0 Å². The summed E-state index contributed by atoms with van der Waals surface area (Å²) >= 11 is 0. The minimum absolute atomic E-state index is 0.652. The van der Waals surface area contributed by atoms with Gasteiger partial charge in [0.25, 0.3) is 0 Å². The summed E-state index contributed by atoms with van der Waals surface area (Å²) in [5.41, 5.74) is 3.30. The number of aryl methyl sites for hydroxylation is 1. The highest BCUT2D eigenvalue weighted by molar-refractivity contribution is 6.01. The van der Waals surface area contributed by atoms with E-state index in [2.05, 4.69) is 27.5 Å². The SMILES string of the molecule is Cc1nc2cnc3[nH]ccc3c2n1C1CC2CCC1C2. The second-order valence-corrected chi connectivity index (χ2v) is 6.50. The van der Waals surface area contributed by atoms with E-state index >= 15 is 0 Å². The second kappa shape index (κ2) is 3.62. The van der Waals surface area contributed by atoms with Gasteiger partial charge in [-0.05, 0) is 44.1 Å². The molecule has 1 N–H and O–H groups in total. The molecule has 5 rings (SSSR count). The van der Waals surface area contributed by atoms with E-state index in [9.17, 15) is 0 Å². The molecule has 3 aromatic rings. The molecule has 3 aromatic heterocycles. The molecule has 0 spiro atoms. The Bertz CT molecular complexity index is 812. The monoisotopic (exact) mass is 266 g/mol. The van der Waals surface area contributed by atoms with Crippen molar-refractivity contribution < 1.29 is 0 Å². The molecule has 4 nitrogen and oxygen atoms in total. The van der Waals surface area contributed by atoms with Crippen LogP contribution in [0, 0.1) is 18.8 Å². The molecule has 0 aromatic carbocycles. The van der Waals surface area contributed by atoms with Gasteiger partial charge in [0.05, 0.1) is 11.7 Å². The Balaban J connectivity index is 1.82. The first kappa shape index (κ1) is 10.9. The number of rotatable bonds is 1. The fraction of sp³-hybridized carbons (Fsp3) is 0.500. The molecule has 0 aliphatic heterocycles. The van der Waals surface area contributed by atoms with Crippen LogP contribution in [0.5, 0.6) is 0 Å². The molecule has 0 amide bonds. The van der Waals surface area contributed by atoms with E-state index in [4.69, 9.17) is 4.98 Å². The molecule has 2 aliphatic rings. The summed E-state index contributed by atoms with van der Waals surface area (Å²) < 4.78 is 2.51. The van der Waals surface area contributed by atoms with Crippen molar-refractivity contribution in [2.45, 2.75) is 38.6 Å². The average Bonchev–Trinajstić information content (AvgIpc) is 3.19. The van der Waals surface area contributed by atoms with Crippen molar-refractivity contribution in [1.29, 1.82) is 0 Å². The van der Waals surface area contributed by atoms with E-state index in [1.807, 2.05) is 12.4 Å². The van der Waals surface area contributed by atoms with Crippen LogP contribution in [-0.4, -0.2) is 19.5 Å². The lowest BCUT2D eigenvalue weighted by atomic mass is 9.95. The second-order valence-electron chi connectivity index (χ2n) is 6.50. The molecule has 20 heavy (non-hydrogen) atoms. The van der Waals surface area contributed by atoms with E-state index in [1.165, 1.54) is 36.6 Å². The first-order valence-electron chi connectivity index (χ1n) is 7.62. The zero-order valence-corrected chi connectivity index (χ0v) is 11.6. The summed E-state index contributed by atoms with van der Waals surface area (Å²) in [5.74, 6) is 2.96. The van der Waals surface area contributed by atoms with Crippen LogP contribution in [-0.2, 0) is 0 Å². The van der Waals surface area contributed by atoms with Crippen molar-refractivity contribution in [2.75, 3.05) is 0 Å². The molecule has 2 bridgehead atoms. The van der Waals surface area contributed by atoms with Crippen molar-refractivity contribution in [3.05, 3.63) is 24.3 Å². The minimum Gasteiger partial charge on any atom is -0.346 e. The molecule has 3 unspecified atom stereocenters. The molecule has 3 heterocycles. The molecule has 2 aliphatic carbocycles. The number of hydrogen-bond acceptors (Lipinski definition) is 2. The van der Waals surface area contributed by atoms with Crippen LogP contribution < -0.4 is 0 Å². The molecular formula is C16H18N4. The molecule has 3 atom stereocenters. The maximum atomic E-state index is 4.76. The van der Waals surface area contributed by atoms with Crippen LogP contribution in [0.1, 0.15) is 37.5 Å². The normalized spacial score (nSPS) is 28.9. The third-order valence-electron chi connectivity index (χ3n) is 5.44. The maximum absolute atomic E-state index is 4.76. The van der Waals surface area contributed by atoms with E-state index in [-0.39, 0.29) is 0 Å². The van der Waals surface area contributed by atoms with E-state index < -0.39 is 0 Å². The fourth-order valence-electron chi connectivity index (χ4n) is 4.64. The molecule has 0 radical (unpaired) electrons. The van der Waals surface area contributed by atoms with Gasteiger partial charge >= 0.3 is 0 Å². The molecule has 2 saturated carbocycles. The van der Waals surface area contributed by atoms with Crippen LogP contribution in [0.3, 0.4) is 0 Å². The Kier molecular flexibility index (Phi) is 1.97. The summed E-state index contributed by atoms with van der Waals surface area (Å²) in [7, 11) is 0. The summed E-state index contributed by atoms with van der Waals surface area (Å²) in [6.45, 7) is 2.14. The van der Waals surface area contributed by atoms with Gasteiger partial charge in [0.15, 0.2) is 0 Å². The van der Waals surface area contributed by atoms with Crippen LogP contribution in [0.4, 0.5) is 0 Å². The maximum Gasteiger partial charge on any atom is 0.139 e. The topological polar surface area (TPSA) is 46.5 Å². The smallest absolute Gasteiger partial charge is 0.139 e. The number of hydrogen-bond donors (Lipinski definition) is 1. The molecular weight excluding hydrogens is 248 g/mol. The lowest BCUT2D eigenvalue weighted by Crippen LogP contribution is -2.17. The summed E-state index contributed by atoms with van der Waals surface area (Å²) in [6.07, 6.45) is 9.48. The van der Waals surface area contributed by atoms with Crippen molar-refractivity contribution >= 4 is 22.1 Å².